The molecular weight excluding hydrogens is 258 g/mol. The maximum Gasteiger partial charge on any atom is 0.0309 e. The molecule has 1 aromatic heterocycles. The van der Waals surface area contributed by atoms with Gasteiger partial charge >= 0.3 is 0 Å². The molecule has 2 aliphatic rings. The quantitative estimate of drug-likeness (QED) is 0.921. The minimum Gasteiger partial charge on any atom is -0.308 e. The lowest BCUT2D eigenvalue weighted by atomic mass is 9.87. The van der Waals surface area contributed by atoms with Crippen LogP contribution in [0.3, 0.4) is 0 Å². The van der Waals surface area contributed by atoms with E-state index < -0.39 is 0 Å². The average molecular weight is 287 g/mol. The van der Waals surface area contributed by atoms with Crippen LogP contribution in [0.25, 0.3) is 0 Å². The molecule has 2 fully saturated rings. The van der Waals surface area contributed by atoms with Crippen LogP contribution >= 0.6 is 0 Å². The Morgan fingerprint density at radius 2 is 2.05 bits per heavy atom. The van der Waals surface area contributed by atoms with Gasteiger partial charge in [0.1, 0.15) is 0 Å². The first kappa shape index (κ1) is 15.0. The molecule has 1 saturated heterocycles. The van der Waals surface area contributed by atoms with Crippen molar-refractivity contribution in [3.05, 3.63) is 30.1 Å². The summed E-state index contributed by atoms with van der Waals surface area (Å²) in [5.41, 5.74) is 1.80. The van der Waals surface area contributed by atoms with Gasteiger partial charge in [-0.2, -0.15) is 0 Å². The van der Waals surface area contributed by atoms with Crippen molar-refractivity contribution in [2.24, 2.45) is 5.92 Å². The van der Waals surface area contributed by atoms with Crippen LogP contribution in [0, 0.1) is 5.92 Å². The summed E-state index contributed by atoms with van der Waals surface area (Å²) in [6.45, 7) is 8.15. The van der Waals surface area contributed by atoms with Gasteiger partial charge < -0.3 is 5.32 Å². The van der Waals surface area contributed by atoms with Crippen LogP contribution < -0.4 is 5.32 Å². The molecule has 3 rings (SSSR count). The van der Waals surface area contributed by atoms with Crippen molar-refractivity contribution in [1.82, 2.24) is 15.2 Å². The SMILES string of the molecule is CCC(C)C1CNC2(CCCC2)CN1Cc1ccncc1. The fourth-order valence-electron chi connectivity index (χ4n) is 4.13. The van der Waals surface area contributed by atoms with Crippen molar-refractivity contribution in [2.75, 3.05) is 13.1 Å². The zero-order valence-electron chi connectivity index (χ0n) is 13.5. The summed E-state index contributed by atoms with van der Waals surface area (Å²) in [6, 6.07) is 4.99. The number of aromatic nitrogens is 1. The number of rotatable bonds is 4. The van der Waals surface area contributed by atoms with Gasteiger partial charge in [-0.25, -0.2) is 0 Å². The second kappa shape index (κ2) is 6.45. The van der Waals surface area contributed by atoms with Crippen LogP contribution in [0.15, 0.2) is 24.5 Å². The number of nitrogens with zero attached hydrogens (tertiary/aromatic N) is 2. The lowest BCUT2D eigenvalue weighted by Crippen LogP contribution is -2.64. The highest BCUT2D eigenvalue weighted by Gasteiger charge is 2.41. The first-order valence-electron chi connectivity index (χ1n) is 8.60. The highest BCUT2D eigenvalue weighted by Crippen LogP contribution is 2.35. The van der Waals surface area contributed by atoms with Gasteiger partial charge in [0.15, 0.2) is 0 Å². The minimum absolute atomic E-state index is 0.400. The van der Waals surface area contributed by atoms with Crippen LogP contribution in [0.5, 0.6) is 0 Å². The summed E-state index contributed by atoms with van der Waals surface area (Å²) in [4.78, 5) is 6.89. The Bertz CT molecular complexity index is 439. The van der Waals surface area contributed by atoms with Crippen molar-refractivity contribution in [2.45, 2.75) is 64.1 Å². The molecule has 0 aromatic carbocycles. The van der Waals surface area contributed by atoms with E-state index in [-0.39, 0.29) is 0 Å². The molecule has 2 unspecified atom stereocenters. The average Bonchev–Trinajstić information content (AvgIpc) is 2.96. The van der Waals surface area contributed by atoms with Crippen LogP contribution in [0.4, 0.5) is 0 Å². The molecule has 2 heterocycles. The summed E-state index contributed by atoms with van der Waals surface area (Å²) in [5, 5.41) is 3.92. The lowest BCUT2D eigenvalue weighted by Gasteiger charge is -2.48. The summed E-state index contributed by atoms with van der Waals surface area (Å²) in [6.07, 6.45) is 10.6. The molecule has 1 N–H and O–H groups in total. The fourth-order valence-corrected chi connectivity index (χ4v) is 4.13. The molecule has 1 aliphatic heterocycles. The number of hydrogen-bond acceptors (Lipinski definition) is 3. The van der Waals surface area contributed by atoms with Gasteiger partial charge in [-0.3, -0.25) is 9.88 Å². The third kappa shape index (κ3) is 3.29. The zero-order valence-corrected chi connectivity index (χ0v) is 13.5. The van der Waals surface area contributed by atoms with Gasteiger partial charge in [0, 0.05) is 43.6 Å². The first-order chi connectivity index (χ1) is 10.2. The van der Waals surface area contributed by atoms with E-state index in [1.807, 2.05) is 12.4 Å². The molecule has 2 atom stereocenters. The molecule has 116 valence electrons. The summed E-state index contributed by atoms with van der Waals surface area (Å²) >= 11 is 0. The van der Waals surface area contributed by atoms with Gasteiger partial charge in [0.05, 0.1) is 0 Å². The standard InChI is InChI=1S/C18H29N3/c1-3-15(2)17-12-20-18(8-4-5-9-18)14-21(17)13-16-6-10-19-11-7-16/h6-7,10-11,15,17,20H,3-5,8-9,12-14H2,1-2H3. The predicted octanol–water partition coefficient (Wildman–Crippen LogP) is 3.21. The lowest BCUT2D eigenvalue weighted by molar-refractivity contribution is 0.0456. The molecule has 0 radical (unpaired) electrons. The Morgan fingerprint density at radius 1 is 1.33 bits per heavy atom. The predicted molar refractivity (Wildman–Crippen MR) is 87.1 cm³/mol. The molecule has 1 saturated carbocycles. The largest absolute Gasteiger partial charge is 0.308 e. The van der Waals surface area contributed by atoms with Crippen LogP contribution in [0.2, 0.25) is 0 Å². The van der Waals surface area contributed by atoms with E-state index in [1.54, 1.807) is 0 Å². The molecule has 21 heavy (non-hydrogen) atoms. The minimum atomic E-state index is 0.400. The van der Waals surface area contributed by atoms with E-state index in [1.165, 1.54) is 44.2 Å². The van der Waals surface area contributed by atoms with E-state index >= 15 is 0 Å². The normalized spacial score (nSPS) is 27.0. The van der Waals surface area contributed by atoms with E-state index in [9.17, 15) is 0 Å². The second-order valence-electron chi connectivity index (χ2n) is 7.08. The van der Waals surface area contributed by atoms with Crippen molar-refractivity contribution in [3.8, 4) is 0 Å². The van der Waals surface area contributed by atoms with E-state index in [2.05, 4.69) is 41.2 Å². The molecule has 1 aromatic rings. The smallest absolute Gasteiger partial charge is 0.0309 e. The molecular formula is C18H29N3. The highest BCUT2D eigenvalue weighted by molar-refractivity contribution is 5.11. The second-order valence-corrected chi connectivity index (χ2v) is 7.08. The maximum absolute atomic E-state index is 4.15. The highest BCUT2D eigenvalue weighted by atomic mass is 15.3. The Labute approximate surface area is 129 Å². The maximum atomic E-state index is 4.15. The van der Waals surface area contributed by atoms with Gasteiger partial charge in [-0.1, -0.05) is 33.1 Å². The van der Waals surface area contributed by atoms with E-state index in [0.29, 0.717) is 11.6 Å². The molecule has 0 bridgehead atoms. The van der Waals surface area contributed by atoms with Gasteiger partial charge in [0.25, 0.3) is 0 Å². The Hall–Kier alpha value is -0.930. The third-order valence-electron chi connectivity index (χ3n) is 5.66. The molecule has 1 spiro atoms. The van der Waals surface area contributed by atoms with Gasteiger partial charge in [-0.15, -0.1) is 0 Å². The Morgan fingerprint density at radius 3 is 2.71 bits per heavy atom. The van der Waals surface area contributed by atoms with Crippen molar-refractivity contribution in [3.63, 3.8) is 0 Å². The fraction of sp³-hybridized carbons (Fsp3) is 0.722. The number of piperazine rings is 1. The molecule has 0 amide bonds. The van der Waals surface area contributed by atoms with Gasteiger partial charge in [-0.05, 0) is 36.5 Å². The summed E-state index contributed by atoms with van der Waals surface area (Å²) in [5.74, 6) is 0.748. The summed E-state index contributed by atoms with van der Waals surface area (Å²) in [7, 11) is 0. The van der Waals surface area contributed by atoms with Crippen molar-refractivity contribution >= 4 is 0 Å². The topological polar surface area (TPSA) is 28.2 Å². The Kier molecular flexibility index (Phi) is 4.60. The van der Waals surface area contributed by atoms with Crippen molar-refractivity contribution < 1.29 is 0 Å². The number of hydrogen-bond donors (Lipinski definition) is 1. The van der Waals surface area contributed by atoms with Crippen LogP contribution in [-0.4, -0.2) is 34.6 Å². The van der Waals surface area contributed by atoms with E-state index in [0.717, 1.165) is 19.0 Å². The summed E-state index contributed by atoms with van der Waals surface area (Å²) < 4.78 is 0. The monoisotopic (exact) mass is 287 g/mol. The number of nitrogens with one attached hydrogen (secondary N) is 1. The number of pyridine rings is 1. The molecule has 1 aliphatic carbocycles. The van der Waals surface area contributed by atoms with E-state index in [4.69, 9.17) is 0 Å². The van der Waals surface area contributed by atoms with Crippen LogP contribution in [-0.2, 0) is 6.54 Å². The first-order valence-corrected chi connectivity index (χ1v) is 8.60. The van der Waals surface area contributed by atoms with Crippen LogP contribution in [0.1, 0.15) is 51.5 Å². The Balaban J connectivity index is 1.76. The van der Waals surface area contributed by atoms with Gasteiger partial charge in [0.2, 0.25) is 0 Å². The van der Waals surface area contributed by atoms with Crippen molar-refractivity contribution in [1.29, 1.82) is 0 Å². The molecule has 3 heteroatoms. The zero-order chi connectivity index (χ0) is 14.7. The third-order valence-corrected chi connectivity index (χ3v) is 5.66. The molecule has 3 nitrogen and oxygen atoms in total.